The van der Waals surface area contributed by atoms with Crippen LogP contribution >= 0.6 is 11.6 Å². The van der Waals surface area contributed by atoms with E-state index in [1.165, 1.54) is 18.2 Å². The maximum absolute atomic E-state index is 12.7. The lowest BCUT2D eigenvalue weighted by Crippen LogP contribution is -2.07. The monoisotopic (exact) mass is 199 g/mol. The van der Waals surface area contributed by atoms with Crippen LogP contribution in [0.1, 0.15) is 6.92 Å². The first-order valence-electron chi connectivity index (χ1n) is 3.65. The van der Waals surface area contributed by atoms with E-state index in [2.05, 4.69) is 0 Å². The highest BCUT2D eigenvalue weighted by atomic mass is 35.5. The summed E-state index contributed by atoms with van der Waals surface area (Å²) in [4.78, 5) is 0. The Morgan fingerprint density at radius 3 is 2.85 bits per heavy atom. The molecule has 0 aliphatic rings. The minimum Gasteiger partial charge on any atom is -0.476 e. The summed E-state index contributed by atoms with van der Waals surface area (Å²) in [7, 11) is 0. The van der Waals surface area contributed by atoms with Gasteiger partial charge < -0.3 is 4.74 Å². The average Bonchev–Trinajstić information content (AvgIpc) is 2.11. The fraction of sp³-hybridized carbons (Fsp3) is 0.222. The zero-order valence-corrected chi connectivity index (χ0v) is 7.68. The van der Waals surface area contributed by atoms with Crippen LogP contribution in [-0.2, 0) is 0 Å². The fourth-order valence-electron chi connectivity index (χ4n) is 0.781. The number of halogens is 2. The molecule has 2 nitrogen and oxygen atoms in total. The minimum absolute atomic E-state index is 0.0114. The minimum atomic E-state index is -0.568. The third-order valence-electron chi connectivity index (χ3n) is 1.39. The smallest absolute Gasteiger partial charge is 0.181 e. The van der Waals surface area contributed by atoms with Crippen molar-refractivity contribution in [3.05, 3.63) is 29.0 Å². The molecular formula is C9H7ClFNO. The van der Waals surface area contributed by atoms with E-state index in [4.69, 9.17) is 21.6 Å². The Bertz CT molecular complexity index is 348. The van der Waals surface area contributed by atoms with E-state index < -0.39 is 11.9 Å². The molecule has 4 heteroatoms. The first-order valence-corrected chi connectivity index (χ1v) is 4.02. The predicted octanol–water partition coefficient (Wildman–Crippen LogP) is 2.77. The van der Waals surface area contributed by atoms with E-state index in [0.29, 0.717) is 5.75 Å². The van der Waals surface area contributed by atoms with Gasteiger partial charge >= 0.3 is 0 Å². The summed E-state index contributed by atoms with van der Waals surface area (Å²) in [5.41, 5.74) is 0. The molecule has 0 bridgehead atoms. The van der Waals surface area contributed by atoms with E-state index >= 15 is 0 Å². The van der Waals surface area contributed by atoms with Crippen LogP contribution in [0.4, 0.5) is 4.39 Å². The third kappa shape index (κ3) is 2.60. The van der Waals surface area contributed by atoms with Gasteiger partial charge in [0.25, 0.3) is 0 Å². The zero-order valence-electron chi connectivity index (χ0n) is 6.92. The van der Waals surface area contributed by atoms with Crippen LogP contribution < -0.4 is 4.74 Å². The molecule has 1 aromatic rings. The SMILES string of the molecule is CC(C#N)Oc1ccc(F)c(Cl)c1. The molecule has 1 unspecified atom stereocenters. The summed E-state index contributed by atoms with van der Waals surface area (Å²) < 4.78 is 17.8. The normalized spacial score (nSPS) is 11.8. The van der Waals surface area contributed by atoms with Crippen LogP contribution in [0.25, 0.3) is 0 Å². The molecule has 0 saturated carbocycles. The van der Waals surface area contributed by atoms with Gasteiger partial charge in [0.2, 0.25) is 0 Å². The van der Waals surface area contributed by atoms with Gasteiger partial charge in [-0.05, 0) is 19.1 Å². The molecule has 0 radical (unpaired) electrons. The summed E-state index contributed by atoms with van der Waals surface area (Å²) in [5.74, 6) is -0.112. The average molecular weight is 200 g/mol. The first-order chi connectivity index (χ1) is 6.13. The molecule has 1 atom stereocenters. The summed E-state index contributed by atoms with van der Waals surface area (Å²) in [6.07, 6.45) is -0.568. The van der Waals surface area contributed by atoms with Crippen molar-refractivity contribution in [1.82, 2.24) is 0 Å². The van der Waals surface area contributed by atoms with Gasteiger partial charge in [-0.3, -0.25) is 0 Å². The lowest BCUT2D eigenvalue weighted by atomic mass is 10.3. The Kier molecular flexibility index (Phi) is 3.10. The van der Waals surface area contributed by atoms with Crippen molar-refractivity contribution in [2.75, 3.05) is 0 Å². The summed E-state index contributed by atoms with van der Waals surface area (Å²) in [5, 5.41) is 8.43. The molecule has 0 amide bonds. The van der Waals surface area contributed by atoms with Crippen molar-refractivity contribution >= 4 is 11.6 Å². The Labute approximate surface area is 80.5 Å². The molecule has 1 aromatic carbocycles. The highest BCUT2D eigenvalue weighted by molar-refractivity contribution is 6.30. The molecule has 68 valence electrons. The lowest BCUT2D eigenvalue weighted by molar-refractivity contribution is 0.276. The maximum atomic E-state index is 12.7. The van der Waals surface area contributed by atoms with Crippen molar-refractivity contribution in [3.63, 3.8) is 0 Å². The Hall–Kier alpha value is -1.27. The van der Waals surface area contributed by atoms with Crippen molar-refractivity contribution in [2.45, 2.75) is 13.0 Å². The van der Waals surface area contributed by atoms with Crippen molar-refractivity contribution in [1.29, 1.82) is 5.26 Å². The number of nitrogens with zero attached hydrogens (tertiary/aromatic N) is 1. The number of ether oxygens (including phenoxy) is 1. The standard InChI is InChI=1S/C9H7ClFNO/c1-6(5-12)13-7-2-3-9(11)8(10)4-7/h2-4,6H,1H3. The van der Waals surface area contributed by atoms with E-state index in [0.717, 1.165) is 0 Å². The second-order valence-electron chi connectivity index (χ2n) is 2.47. The third-order valence-corrected chi connectivity index (χ3v) is 1.68. The summed E-state index contributed by atoms with van der Waals surface area (Å²) in [6, 6.07) is 5.85. The molecule has 1 rings (SSSR count). The number of hydrogen-bond donors (Lipinski definition) is 0. The van der Waals surface area contributed by atoms with Crippen LogP contribution in [-0.4, -0.2) is 6.10 Å². The Balaban J connectivity index is 2.81. The number of hydrogen-bond acceptors (Lipinski definition) is 2. The van der Waals surface area contributed by atoms with Crippen LogP contribution in [0.2, 0.25) is 5.02 Å². The predicted molar refractivity (Wildman–Crippen MR) is 47.1 cm³/mol. The number of rotatable bonds is 2. The largest absolute Gasteiger partial charge is 0.476 e. The molecule has 0 aliphatic heterocycles. The van der Waals surface area contributed by atoms with Gasteiger partial charge in [0.1, 0.15) is 17.6 Å². The quantitative estimate of drug-likeness (QED) is 0.734. The van der Waals surface area contributed by atoms with Crippen LogP contribution in [0, 0.1) is 17.1 Å². The number of nitriles is 1. The lowest BCUT2D eigenvalue weighted by Gasteiger charge is -2.07. The Morgan fingerprint density at radius 2 is 2.31 bits per heavy atom. The Morgan fingerprint density at radius 1 is 1.62 bits per heavy atom. The molecule has 0 N–H and O–H groups in total. The summed E-state index contributed by atoms with van der Waals surface area (Å²) in [6.45, 7) is 1.59. The van der Waals surface area contributed by atoms with Crippen LogP contribution in [0.5, 0.6) is 5.75 Å². The topological polar surface area (TPSA) is 33.0 Å². The molecule has 13 heavy (non-hydrogen) atoms. The molecule has 0 saturated heterocycles. The molecule has 0 fully saturated rings. The second-order valence-corrected chi connectivity index (χ2v) is 2.87. The van der Waals surface area contributed by atoms with E-state index in [-0.39, 0.29) is 5.02 Å². The van der Waals surface area contributed by atoms with E-state index in [9.17, 15) is 4.39 Å². The zero-order chi connectivity index (χ0) is 9.84. The molecule has 0 aliphatic carbocycles. The van der Waals surface area contributed by atoms with E-state index in [1.807, 2.05) is 6.07 Å². The first kappa shape index (κ1) is 9.82. The second kappa shape index (κ2) is 4.11. The fourth-order valence-corrected chi connectivity index (χ4v) is 0.951. The molecule has 0 spiro atoms. The van der Waals surface area contributed by atoms with E-state index in [1.54, 1.807) is 6.92 Å². The highest BCUT2D eigenvalue weighted by Gasteiger charge is 2.04. The van der Waals surface area contributed by atoms with Gasteiger partial charge in [-0.1, -0.05) is 11.6 Å². The number of benzene rings is 1. The highest BCUT2D eigenvalue weighted by Crippen LogP contribution is 2.21. The van der Waals surface area contributed by atoms with Gasteiger partial charge in [-0.2, -0.15) is 5.26 Å². The van der Waals surface area contributed by atoms with Crippen LogP contribution in [0.15, 0.2) is 18.2 Å². The summed E-state index contributed by atoms with van der Waals surface area (Å²) >= 11 is 5.50. The van der Waals surface area contributed by atoms with Crippen molar-refractivity contribution < 1.29 is 9.13 Å². The van der Waals surface area contributed by atoms with Gasteiger partial charge in [-0.25, -0.2) is 4.39 Å². The van der Waals surface area contributed by atoms with Crippen molar-refractivity contribution in [3.8, 4) is 11.8 Å². The van der Waals surface area contributed by atoms with Gasteiger partial charge in [0, 0.05) is 6.07 Å². The maximum Gasteiger partial charge on any atom is 0.181 e. The molecule has 0 heterocycles. The van der Waals surface area contributed by atoms with Crippen molar-refractivity contribution in [2.24, 2.45) is 0 Å². The van der Waals surface area contributed by atoms with Gasteiger partial charge in [0.15, 0.2) is 6.10 Å². The molecular weight excluding hydrogens is 193 g/mol. The van der Waals surface area contributed by atoms with Gasteiger partial charge in [-0.15, -0.1) is 0 Å². The van der Waals surface area contributed by atoms with Gasteiger partial charge in [0.05, 0.1) is 5.02 Å². The van der Waals surface area contributed by atoms with Crippen LogP contribution in [0.3, 0.4) is 0 Å². The molecule has 0 aromatic heterocycles.